The molecule has 0 saturated carbocycles. The van der Waals surface area contributed by atoms with E-state index in [1.165, 1.54) is 24.3 Å². The second-order valence-corrected chi connectivity index (χ2v) is 9.57. The molecule has 3 aromatic rings. The first kappa shape index (κ1) is 32.2. The van der Waals surface area contributed by atoms with Crippen LogP contribution in [-0.2, 0) is 5.92 Å². The highest BCUT2D eigenvalue weighted by Gasteiger charge is 2.73. The standard InChI is InChI=1S/C28H25F10NO2/c1-16(2)17-6-4-10-21(13-17)41-22-11-5-8-19(14-22)24(39-15-23(40)26(31,32)33)18-7-3-9-20(12-18)25(29,30)27(34,35)28(36,37)38/h3-14,16,23-24,39-40H,15H2,1-2H3/t23-,24?/m1/s1. The fourth-order valence-electron chi connectivity index (χ4n) is 3.88. The van der Waals surface area contributed by atoms with Gasteiger partial charge in [0.15, 0.2) is 6.10 Å². The summed E-state index contributed by atoms with van der Waals surface area (Å²) in [5.74, 6) is -11.4. The molecule has 0 saturated heterocycles. The quantitative estimate of drug-likeness (QED) is 0.230. The van der Waals surface area contributed by atoms with E-state index in [-0.39, 0.29) is 22.8 Å². The van der Waals surface area contributed by atoms with Gasteiger partial charge in [-0.25, -0.2) is 0 Å². The van der Waals surface area contributed by atoms with Crippen LogP contribution >= 0.6 is 0 Å². The van der Waals surface area contributed by atoms with Gasteiger partial charge in [0.25, 0.3) is 0 Å². The number of aliphatic hydroxyl groups excluding tert-OH is 1. The molecule has 0 fully saturated rings. The lowest BCUT2D eigenvalue weighted by molar-refractivity contribution is -0.359. The van der Waals surface area contributed by atoms with Crippen molar-refractivity contribution in [1.82, 2.24) is 5.32 Å². The Morgan fingerprint density at radius 1 is 0.707 bits per heavy atom. The van der Waals surface area contributed by atoms with Crippen LogP contribution in [0.15, 0.2) is 72.8 Å². The second-order valence-electron chi connectivity index (χ2n) is 9.57. The van der Waals surface area contributed by atoms with E-state index >= 15 is 0 Å². The van der Waals surface area contributed by atoms with Gasteiger partial charge in [-0.1, -0.05) is 56.3 Å². The molecular formula is C28H25F10NO2. The van der Waals surface area contributed by atoms with Crippen molar-refractivity contribution in [2.24, 2.45) is 0 Å². The lowest BCUT2D eigenvalue weighted by Crippen LogP contribution is -2.50. The van der Waals surface area contributed by atoms with Gasteiger partial charge in [0.1, 0.15) is 11.5 Å². The summed E-state index contributed by atoms with van der Waals surface area (Å²) in [4.78, 5) is 0. The molecule has 0 radical (unpaired) electrons. The van der Waals surface area contributed by atoms with Crippen molar-refractivity contribution in [3.63, 3.8) is 0 Å². The number of halogens is 10. The van der Waals surface area contributed by atoms with Crippen LogP contribution in [0.25, 0.3) is 0 Å². The fraction of sp³-hybridized carbons (Fsp3) is 0.357. The first-order chi connectivity index (χ1) is 18.8. The van der Waals surface area contributed by atoms with Crippen molar-refractivity contribution in [2.45, 2.75) is 56.1 Å². The number of nitrogens with one attached hydrogen (secondary N) is 1. The Balaban J connectivity index is 2.04. The molecule has 3 nitrogen and oxygen atoms in total. The minimum absolute atomic E-state index is 0.0833. The fourth-order valence-corrected chi connectivity index (χ4v) is 3.88. The normalized spacial score (nSPS) is 14.7. The SMILES string of the molecule is CC(C)c1cccc(Oc2cccc(C(NC[C@@H](O)C(F)(F)F)c3cccc(C(F)(F)C(F)(F)C(F)(F)F)c3)c2)c1. The molecule has 0 aliphatic rings. The van der Waals surface area contributed by atoms with Crippen molar-refractivity contribution in [3.05, 3.63) is 95.1 Å². The summed E-state index contributed by atoms with van der Waals surface area (Å²) >= 11 is 0. The van der Waals surface area contributed by atoms with E-state index in [1.54, 1.807) is 18.2 Å². The van der Waals surface area contributed by atoms with Crippen LogP contribution in [0.3, 0.4) is 0 Å². The van der Waals surface area contributed by atoms with Crippen LogP contribution in [0.5, 0.6) is 11.5 Å². The maximum atomic E-state index is 14.4. The minimum Gasteiger partial charge on any atom is -0.457 e. The maximum absolute atomic E-state index is 14.4. The third-order valence-corrected chi connectivity index (χ3v) is 6.18. The summed E-state index contributed by atoms with van der Waals surface area (Å²) in [6.45, 7) is 2.75. The van der Waals surface area contributed by atoms with Crippen LogP contribution in [0.4, 0.5) is 43.9 Å². The molecule has 3 rings (SSSR count). The maximum Gasteiger partial charge on any atom is 0.460 e. The molecule has 0 spiro atoms. The van der Waals surface area contributed by atoms with Crippen LogP contribution < -0.4 is 10.1 Å². The highest BCUT2D eigenvalue weighted by molar-refractivity contribution is 5.41. The molecule has 0 aliphatic carbocycles. The molecular weight excluding hydrogens is 572 g/mol. The van der Waals surface area contributed by atoms with Crippen molar-refractivity contribution in [1.29, 1.82) is 0 Å². The van der Waals surface area contributed by atoms with Crippen LogP contribution in [-0.4, -0.2) is 36.0 Å². The Morgan fingerprint density at radius 3 is 1.71 bits per heavy atom. The topological polar surface area (TPSA) is 41.5 Å². The first-order valence-corrected chi connectivity index (χ1v) is 12.1. The molecule has 0 bridgehead atoms. The second kappa shape index (κ2) is 11.9. The lowest BCUT2D eigenvalue weighted by Gasteiger charge is -2.29. The van der Waals surface area contributed by atoms with E-state index in [9.17, 15) is 49.0 Å². The van der Waals surface area contributed by atoms with E-state index in [0.717, 1.165) is 17.7 Å². The van der Waals surface area contributed by atoms with Crippen molar-refractivity contribution in [2.75, 3.05) is 6.54 Å². The molecule has 224 valence electrons. The van der Waals surface area contributed by atoms with Crippen LogP contribution in [0, 0.1) is 0 Å². The molecule has 13 heteroatoms. The zero-order valence-corrected chi connectivity index (χ0v) is 21.5. The first-order valence-electron chi connectivity index (χ1n) is 12.1. The van der Waals surface area contributed by atoms with E-state index in [4.69, 9.17) is 4.74 Å². The Hall–Kier alpha value is -3.32. The number of alkyl halides is 10. The molecule has 41 heavy (non-hydrogen) atoms. The summed E-state index contributed by atoms with van der Waals surface area (Å²) in [5, 5.41) is 11.8. The Bertz CT molecular complexity index is 1320. The van der Waals surface area contributed by atoms with Crippen molar-refractivity contribution < 1.29 is 53.7 Å². The summed E-state index contributed by atoms with van der Waals surface area (Å²) in [7, 11) is 0. The molecule has 0 heterocycles. The number of rotatable bonds is 10. The smallest absolute Gasteiger partial charge is 0.457 e. The van der Waals surface area contributed by atoms with Crippen molar-refractivity contribution >= 4 is 0 Å². The summed E-state index contributed by atoms with van der Waals surface area (Å²) in [6.07, 6.45) is -14.5. The van der Waals surface area contributed by atoms with E-state index in [2.05, 4.69) is 5.32 Å². The number of hydrogen-bond acceptors (Lipinski definition) is 3. The molecule has 0 aliphatic heterocycles. The van der Waals surface area contributed by atoms with Crippen molar-refractivity contribution in [3.8, 4) is 11.5 Å². The minimum atomic E-state index is -6.58. The van der Waals surface area contributed by atoms with Gasteiger partial charge in [0.2, 0.25) is 0 Å². The highest BCUT2D eigenvalue weighted by Crippen LogP contribution is 2.52. The predicted molar refractivity (Wildman–Crippen MR) is 130 cm³/mol. The summed E-state index contributed by atoms with van der Waals surface area (Å²) < 4.78 is 139. The molecule has 0 aromatic heterocycles. The highest BCUT2D eigenvalue weighted by atomic mass is 19.4. The zero-order chi connectivity index (χ0) is 30.8. The van der Waals surface area contributed by atoms with Gasteiger partial charge in [-0.05, 0) is 52.9 Å². The van der Waals surface area contributed by atoms with Gasteiger partial charge in [0.05, 0.1) is 6.04 Å². The monoisotopic (exact) mass is 597 g/mol. The molecule has 0 amide bonds. The third-order valence-electron chi connectivity index (χ3n) is 6.18. The van der Waals surface area contributed by atoms with Crippen LogP contribution in [0.1, 0.15) is 48.1 Å². The number of aliphatic hydroxyl groups is 1. The third kappa shape index (κ3) is 7.31. The number of benzene rings is 3. The van der Waals surface area contributed by atoms with Gasteiger partial charge in [-0.2, -0.15) is 43.9 Å². The van der Waals surface area contributed by atoms with E-state index in [1.807, 2.05) is 19.9 Å². The lowest BCUT2D eigenvalue weighted by atomic mass is 9.93. The average Bonchev–Trinajstić information content (AvgIpc) is 2.88. The zero-order valence-electron chi connectivity index (χ0n) is 21.5. The van der Waals surface area contributed by atoms with Gasteiger partial charge in [0, 0.05) is 12.1 Å². The molecule has 1 unspecified atom stereocenters. The van der Waals surface area contributed by atoms with Gasteiger partial charge < -0.3 is 15.2 Å². The van der Waals surface area contributed by atoms with E-state index in [0.29, 0.717) is 17.9 Å². The van der Waals surface area contributed by atoms with Gasteiger partial charge in [-0.3, -0.25) is 0 Å². The molecule has 2 atom stereocenters. The van der Waals surface area contributed by atoms with Gasteiger partial charge >= 0.3 is 24.2 Å². The summed E-state index contributed by atoms with van der Waals surface area (Å²) in [6, 6.07) is 13.6. The Kier molecular flexibility index (Phi) is 9.33. The Morgan fingerprint density at radius 2 is 1.20 bits per heavy atom. The molecule has 2 N–H and O–H groups in total. The number of hydrogen-bond donors (Lipinski definition) is 2. The Labute approximate surface area is 228 Å². The van der Waals surface area contributed by atoms with E-state index < -0.39 is 48.5 Å². The molecule has 3 aromatic carbocycles. The number of ether oxygens (including phenoxy) is 1. The largest absolute Gasteiger partial charge is 0.460 e. The predicted octanol–water partition coefficient (Wildman–Crippen LogP) is 8.49. The summed E-state index contributed by atoms with van der Waals surface area (Å²) in [5.41, 5.74) is -1.06. The average molecular weight is 597 g/mol. The van der Waals surface area contributed by atoms with Crippen LogP contribution in [0.2, 0.25) is 0 Å². The van der Waals surface area contributed by atoms with Gasteiger partial charge in [-0.15, -0.1) is 0 Å².